The average molecular weight is 408 g/mol. The van der Waals surface area contributed by atoms with Gasteiger partial charge in [0.25, 0.3) is 10.0 Å². The van der Waals surface area contributed by atoms with Crippen LogP contribution >= 0.6 is 0 Å². The Bertz CT molecular complexity index is 972. The first-order valence-electron chi connectivity index (χ1n) is 8.41. The van der Waals surface area contributed by atoms with Gasteiger partial charge in [0.15, 0.2) is 0 Å². The van der Waals surface area contributed by atoms with E-state index in [1.165, 1.54) is 25.3 Å². The average Bonchev–Trinajstić information content (AvgIpc) is 2.65. The van der Waals surface area contributed by atoms with Gasteiger partial charge in [0.1, 0.15) is 5.82 Å². The van der Waals surface area contributed by atoms with Crippen LogP contribution in [0.25, 0.3) is 0 Å². The Labute approximate surface area is 163 Å². The molecule has 0 radical (unpaired) electrons. The molecule has 0 saturated carbocycles. The second-order valence-corrected chi connectivity index (χ2v) is 8.02. The van der Waals surface area contributed by atoms with E-state index >= 15 is 0 Å². The van der Waals surface area contributed by atoms with Crippen LogP contribution in [-0.4, -0.2) is 27.4 Å². The highest BCUT2D eigenvalue weighted by Gasteiger charge is 2.17. The minimum absolute atomic E-state index is 0.104. The SMILES string of the molecule is COC(=O)c1cc(CNC(=O)C(C)C)cc(NS(=O)(=O)c2ccc(F)cc2)c1. The summed E-state index contributed by atoms with van der Waals surface area (Å²) in [6, 6.07) is 8.65. The van der Waals surface area contributed by atoms with Crippen LogP contribution in [0.3, 0.4) is 0 Å². The third-order valence-corrected chi connectivity index (χ3v) is 5.18. The molecule has 1 amide bonds. The number of carbonyl (C=O) groups excluding carboxylic acids is 2. The molecule has 0 aliphatic carbocycles. The highest BCUT2D eigenvalue weighted by Crippen LogP contribution is 2.20. The van der Waals surface area contributed by atoms with Crippen molar-refractivity contribution in [3.63, 3.8) is 0 Å². The van der Waals surface area contributed by atoms with Crippen molar-refractivity contribution in [3.05, 3.63) is 59.4 Å². The van der Waals surface area contributed by atoms with Crippen molar-refractivity contribution in [3.8, 4) is 0 Å². The molecule has 0 unspecified atom stereocenters. The molecule has 0 bridgehead atoms. The zero-order valence-electron chi connectivity index (χ0n) is 15.7. The van der Waals surface area contributed by atoms with Gasteiger partial charge in [-0.3, -0.25) is 9.52 Å². The Balaban J connectivity index is 2.33. The van der Waals surface area contributed by atoms with Gasteiger partial charge in [-0.2, -0.15) is 0 Å². The van der Waals surface area contributed by atoms with Gasteiger partial charge in [-0.1, -0.05) is 13.8 Å². The Hall–Kier alpha value is -2.94. The molecule has 150 valence electrons. The molecule has 0 aliphatic heterocycles. The fraction of sp³-hybridized carbons (Fsp3) is 0.263. The lowest BCUT2D eigenvalue weighted by molar-refractivity contribution is -0.124. The van der Waals surface area contributed by atoms with Gasteiger partial charge in [-0.05, 0) is 48.0 Å². The largest absolute Gasteiger partial charge is 0.465 e. The van der Waals surface area contributed by atoms with Gasteiger partial charge in [0.2, 0.25) is 5.91 Å². The first-order chi connectivity index (χ1) is 13.1. The van der Waals surface area contributed by atoms with Crippen LogP contribution < -0.4 is 10.0 Å². The molecule has 0 saturated heterocycles. The second kappa shape index (κ2) is 8.83. The molecule has 2 aromatic rings. The zero-order chi connectivity index (χ0) is 20.9. The number of hydrogen-bond acceptors (Lipinski definition) is 5. The van der Waals surface area contributed by atoms with Crippen LogP contribution in [0.4, 0.5) is 10.1 Å². The summed E-state index contributed by atoms with van der Waals surface area (Å²) >= 11 is 0. The van der Waals surface area contributed by atoms with E-state index in [2.05, 4.69) is 10.0 Å². The monoisotopic (exact) mass is 408 g/mol. The lowest BCUT2D eigenvalue weighted by Crippen LogP contribution is -2.27. The Morgan fingerprint density at radius 3 is 2.32 bits per heavy atom. The van der Waals surface area contributed by atoms with Gasteiger partial charge in [-0.25, -0.2) is 17.6 Å². The molecule has 0 aromatic heterocycles. The molecular formula is C19H21FN2O5S. The standard InChI is InChI=1S/C19H21FN2O5S/c1-12(2)18(23)21-11-13-8-14(19(24)27-3)10-16(9-13)22-28(25,26)17-6-4-15(20)5-7-17/h4-10,12,22H,11H2,1-3H3,(H,21,23). The van der Waals surface area contributed by atoms with Crippen LogP contribution in [0.1, 0.15) is 29.8 Å². The first-order valence-corrected chi connectivity index (χ1v) is 9.89. The Morgan fingerprint density at radius 1 is 1.11 bits per heavy atom. The van der Waals surface area contributed by atoms with Crippen molar-refractivity contribution in [2.45, 2.75) is 25.3 Å². The lowest BCUT2D eigenvalue weighted by Gasteiger charge is -2.13. The van der Waals surface area contributed by atoms with Crippen LogP contribution in [0, 0.1) is 11.7 Å². The number of rotatable bonds is 7. The molecular weight excluding hydrogens is 387 g/mol. The van der Waals surface area contributed by atoms with Gasteiger partial charge >= 0.3 is 5.97 Å². The van der Waals surface area contributed by atoms with Crippen molar-refractivity contribution in [1.29, 1.82) is 0 Å². The fourth-order valence-electron chi connectivity index (χ4n) is 2.31. The van der Waals surface area contributed by atoms with Crippen LogP contribution in [-0.2, 0) is 26.1 Å². The molecule has 2 N–H and O–H groups in total. The third-order valence-electron chi connectivity index (χ3n) is 3.78. The van der Waals surface area contributed by atoms with E-state index in [4.69, 9.17) is 4.74 Å². The zero-order valence-corrected chi connectivity index (χ0v) is 16.5. The number of nitrogens with one attached hydrogen (secondary N) is 2. The van der Waals surface area contributed by atoms with Crippen LogP contribution in [0.5, 0.6) is 0 Å². The predicted molar refractivity (Wildman–Crippen MR) is 102 cm³/mol. The summed E-state index contributed by atoms with van der Waals surface area (Å²) in [7, 11) is -2.79. The molecule has 2 aromatic carbocycles. The summed E-state index contributed by atoms with van der Waals surface area (Å²) in [6.45, 7) is 3.58. The van der Waals surface area contributed by atoms with Crippen molar-refractivity contribution >= 4 is 27.6 Å². The smallest absolute Gasteiger partial charge is 0.337 e. The van der Waals surface area contributed by atoms with Crippen LogP contribution in [0.15, 0.2) is 47.4 Å². The third kappa shape index (κ3) is 5.53. The summed E-state index contributed by atoms with van der Waals surface area (Å²) < 4.78 is 45.1. The number of benzene rings is 2. The van der Waals surface area contributed by atoms with Gasteiger partial charge < -0.3 is 10.1 Å². The molecule has 0 aliphatic rings. The molecule has 0 heterocycles. The van der Waals surface area contributed by atoms with Crippen molar-refractivity contribution < 1.29 is 27.1 Å². The van der Waals surface area contributed by atoms with E-state index in [-0.39, 0.29) is 34.5 Å². The molecule has 7 nitrogen and oxygen atoms in total. The summed E-state index contributed by atoms with van der Waals surface area (Å²) in [5.74, 6) is -1.62. The number of hydrogen-bond donors (Lipinski definition) is 2. The first kappa shape index (κ1) is 21.4. The van der Waals surface area contributed by atoms with E-state index in [1.54, 1.807) is 13.8 Å². The number of halogens is 1. The van der Waals surface area contributed by atoms with E-state index < -0.39 is 21.8 Å². The fourth-order valence-corrected chi connectivity index (χ4v) is 3.35. The topological polar surface area (TPSA) is 102 Å². The highest BCUT2D eigenvalue weighted by atomic mass is 32.2. The molecule has 0 fully saturated rings. The van der Waals surface area contributed by atoms with Crippen molar-refractivity contribution in [2.24, 2.45) is 5.92 Å². The second-order valence-electron chi connectivity index (χ2n) is 6.34. The number of esters is 1. The van der Waals surface area contributed by atoms with E-state index in [0.717, 1.165) is 24.3 Å². The predicted octanol–water partition coefficient (Wildman–Crippen LogP) is 2.69. The minimum Gasteiger partial charge on any atom is -0.465 e. The number of ether oxygens (including phenoxy) is 1. The lowest BCUT2D eigenvalue weighted by atomic mass is 10.1. The Kier molecular flexibility index (Phi) is 6.74. The maximum Gasteiger partial charge on any atom is 0.337 e. The molecule has 2 rings (SSSR count). The number of methoxy groups -OCH3 is 1. The van der Waals surface area contributed by atoms with Gasteiger partial charge in [0.05, 0.1) is 23.3 Å². The van der Waals surface area contributed by atoms with Crippen LogP contribution in [0.2, 0.25) is 0 Å². The highest BCUT2D eigenvalue weighted by molar-refractivity contribution is 7.92. The molecule has 28 heavy (non-hydrogen) atoms. The molecule has 0 spiro atoms. The summed E-state index contributed by atoms with van der Waals surface area (Å²) in [4.78, 5) is 23.5. The maximum absolute atomic E-state index is 13.0. The molecule has 0 atom stereocenters. The van der Waals surface area contributed by atoms with E-state index in [9.17, 15) is 22.4 Å². The van der Waals surface area contributed by atoms with E-state index in [0.29, 0.717) is 5.56 Å². The quantitative estimate of drug-likeness (QED) is 0.686. The summed E-state index contributed by atoms with van der Waals surface area (Å²) in [5.41, 5.74) is 0.741. The van der Waals surface area contributed by atoms with Crippen molar-refractivity contribution in [2.75, 3.05) is 11.8 Å². The molecule has 9 heteroatoms. The normalized spacial score (nSPS) is 11.2. The van der Waals surface area contributed by atoms with E-state index in [1.807, 2.05) is 0 Å². The number of carbonyl (C=O) groups is 2. The maximum atomic E-state index is 13.0. The minimum atomic E-state index is -4.00. The summed E-state index contributed by atoms with van der Waals surface area (Å²) in [6.07, 6.45) is 0. The number of anilines is 1. The van der Waals surface area contributed by atoms with Crippen molar-refractivity contribution in [1.82, 2.24) is 5.32 Å². The number of sulfonamides is 1. The Morgan fingerprint density at radius 2 is 1.75 bits per heavy atom. The summed E-state index contributed by atoms with van der Waals surface area (Å²) in [5, 5.41) is 2.70. The number of amides is 1. The van der Waals surface area contributed by atoms with Gasteiger partial charge in [-0.15, -0.1) is 0 Å². The van der Waals surface area contributed by atoms with Gasteiger partial charge in [0, 0.05) is 12.5 Å².